The molecule has 2 aliphatic rings. The second-order valence-corrected chi connectivity index (χ2v) is 12.2. The molecular formula is C8H14Cl2Si. The van der Waals surface area contributed by atoms with Crippen molar-refractivity contribution >= 4 is 28.9 Å². The van der Waals surface area contributed by atoms with E-state index in [0.717, 1.165) is 11.8 Å². The van der Waals surface area contributed by atoms with Crippen LogP contribution in [0.5, 0.6) is 0 Å². The standard InChI is InChI=1S/C8H14Cl2Si/c1-11(9,10)8-5-6-2-3-7(8)4-6/h6-8H,2-5H2,1H3. The van der Waals surface area contributed by atoms with Gasteiger partial charge in [0.2, 0.25) is 0 Å². The molecule has 3 unspecified atom stereocenters. The Morgan fingerprint density at radius 2 is 1.91 bits per heavy atom. The third-order valence-electron chi connectivity index (χ3n) is 3.39. The van der Waals surface area contributed by atoms with Gasteiger partial charge in [-0.1, -0.05) is 12.8 Å². The molecule has 2 bridgehead atoms. The lowest BCUT2D eigenvalue weighted by Crippen LogP contribution is -2.26. The smallest absolute Gasteiger partial charge is 0.146 e. The zero-order chi connectivity index (χ0) is 8.06. The maximum Gasteiger partial charge on any atom is 0.251 e. The fraction of sp³-hybridized carbons (Fsp3) is 1.00. The molecule has 0 aromatic rings. The first kappa shape index (κ1) is 8.40. The van der Waals surface area contributed by atoms with E-state index >= 15 is 0 Å². The number of hydrogen-bond acceptors (Lipinski definition) is 0. The SMILES string of the molecule is C[Si](Cl)(Cl)C1CC2CCC1C2. The van der Waals surface area contributed by atoms with Gasteiger partial charge in [-0.25, -0.2) is 0 Å². The predicted molar refractivity (Wildman–Crippen MR) is 52.5 cm³/mol. The van der Waals surface area contributed by atoms with E-state index in [1.54, 1.807) is 0 Å². The Labute approximate surface area is 78.7 Å². The molecule has 0 heterocycles. The third-order valence-corrected chi connectivity index (χ3v) is 7.08. The van der Waals surface area contributed by atoms with E-state index in [4.69, 9.17) is 22.2 Å². The van der Waals surface area contributed by atoms with Gasteiger partial charge in [0.1, 0.15) is 0 Å². The molecule has 0 nitrogen and oxygen atoms in total. The molecule has 0 spiro atoms. The molecule has 0 aliphatic heterocycles. The molecule has 0 saturated heterocycles. The number of rotatable bonds is 1. The van der Waals surface area contributed by atoms with Gasteiger partial charge < -0.3 is 0 Å². The van der Waals surface area contributed by atoms with Crippen LogP contribution < -0.4 is 0 Å². The van der Waals surface area contributed by atoms with Gasteiger partial charge in [0, 0.05) is 0 Å². The van der Waals surface area contributed by atoms with E-state index in [0.29, 0.717) is 5.54 Å². The highest BCUT2D eigenvalue weighted by Crippen LogP contribution is 2.57. The summed E-state index contributed by atoms with van der Waals surface area (Å²) in [5.41, 5.74) is 0.713. The summed E-state index contributed by atoms with van der Waals surface area (Å²) in [5.74, 6) is 1.88. The monoisotopic (exact) mass is 208 g/mol. The first-order valence-electron chi connectivity index (χ1n) is 4.45. The molecule has 0 amide bonds. The molecule has 2 rings (SSSR count). The largest absolute Gasteiger partial charge is 0.251 e. The summed E-state index contributed by atoms with van der Waals surface area (Å²) in [6.07, 6.45) is 5.60. The zero-order valence-corrected chi connectivity index (χ0v) is 9.33. The van der Waals surface area contributed by atoms with Gasteiger partial charge in [-0.3, -0.25) is 0 Å². The molecule has 2 aliphatic carbocycles. The second-order valence-electron chi connectivity index (χ2n) is 4.24. The van der Waals surface area contributed by atoms with Crippen LogP contribution in [0.2, 0.25) is 12.1 Å². The summed E-state index contributed by atoms with van der Waals surface area (Å²) in [5, 5.41) is 0. The van der Waals surface area contributed by atoms with Crippen LogP contribution in [0, 0.1) is 11.8 Å². The van der Waals surface area contributed by atoms with Crippen LogP contribution >= 0.6 is 22.2 Å². The van der Waals surface area contributed by atoms with E-state index < -0.39 is 6.69 Å². The van der Waals surface area contributed by atoms with Crippen LogP contribution in [-0.4, -0.2) is 6.69 Å². The molecule has 2 fully saturated rings. The highest BCUT2D eigenvalue weighted by atomic mass is 35.7. The van der Waals surface area contributed by atoms with Crippen LogP contribution in [0.3, 0.4) is 0 Å². The van der Waals surface area contributed by atoms with Crippen molar-refractivity contribution in [3.63, 3.8) is 0 Å². The highest BCUT2D eigenvalue weighted by Gasteiger charge is 2.48. The summed E-state index contributed by atoms with van der Waals surface area (Å²) >= 11 is 12.5. The van der Waals surface area contributed by atoms with E-state index in [9.17, 15) is 0 Å². The van der Waals surface area contributed by atoms with Gasteiger partial charge >= 0.3 is 0 Å². The normalized spacial score (nSPS) is 43.4. The fourth-order valence-electron chi connectivity index (χ4n) is 2.87. The van der Waals surface area contributed by atoms with Gasteiger partial charge in [-0.05, 0) is 36.8 Å². The molecule has 2 saturated carbocycles. The van der Waals surface area contributed by atoms with Gasteiger partial charge in [-0.15, -0.1) is 22.2 Å². The maximum atomic E-state index is 6.24. The van der Waals surface area contributed by atoms with Crippen molar-refractivity contribution in [3.8, 4) is 0 Å². The number of halogens is 2. The van der Waals surface area contributed by atoms with Crippen molar-refractivity contribution in [2.75, 3.05) is 0 Å². The Hall–Kier alpha value is 0.797. The molecule has 11 heavy (non-hydrogen) atoms. The molecule has 0 aromatic heterocycles. The van der Waals surface area contributed by atoms with Crippen molar-refractivity contribution in [1.29, 1.82) is 0 Å². The van der Waals surface area contributed by atoms with E-state index in [1.165, 1.54) is 25.7 Å². The summed E-state index contributed by atoms with van der Waals surface area (Å²) in [7, 11) is 0. The van der Waals surface area contributed by atoms with Gasteiger partial charge in [0.05, 0.1) is 0 Å². The Morgan fingerprint density at radius 3 is 2.18 bits per heavy atom. The maximum absolute atomic E-state index is 6.24. The molecule has 3 atom stereocenters. The topological polar surface area (TPSA) is 0 Å². The van der Waals surface area contributed by atoms with Crippen LogP contribution in [-0.2, 0) is 0 Å². The quantitative estimate of drug-likeness (QED) is 0.456. The van der Waals surface area contributed by atoms with E-state index in [1.807, 2.05) is 0 Å². The van der Waals surface area contributed by atoms with Crippen LogP contribution in [0.4, 0.5) is 0 Å². The van der Waals surface area contributed by atoms with Crippen molar-refractivity contribution in [2.24, 2.45) is 11.8 Å². The van der Waals surface area contributed by atoms with Gasteiger partial charge in [0.15, 0.2) is 0 Å². The number of hydrogen-bond donors (Lipinski definition) is 0. The Morgan fingerprint density at radius 1 is 1.18 bits per heavy atom. The summed E-state index contributed by atoms with van der Waals surface area (Å²) in [4.78, 5) is 0. The highest BCUT2D eigenvalue weighted by molar-refractivity contribution is 7.45. The number of fused-ring (bicyclic) bond motifs is 2. The Bertz CT molecular complexity index is 164. The molecule has 0 N–H and O–H groups in total. The fourth-order valence-corrected chi connectivity index (χ4v) is 6.35. The predicted octanol–water partition coefficient (Wildman–Crippen LogP) is 3.73. The van der Waals surface area contributed by atoms with Crippen molar-refractivity contribution in [2.45, 2.75) is 37.8 Å². The minimum atomic E-state index is -1.83. The van der Waals surface area contributed by atoms with Crippen LogP contribution in [0.1, 0.15) is 25.7 Å². The average Bonchev–Trinajstić information content (AvgIpc) is 2.42. The van der Waals surface area contributed by atoms with E-state index in [-0.39, 0.29) is 0 Å². The van der Waals surface area contributed by atoms with E-state index in [2.05, 4.69) is 6.55 Å². The molecular weight excluding hydrogens is 195 g/mol. The minimum Gasteiger partial charge on any atom is -0.146 e. The lowest BCUT2D eigenvalue weighted by molar-refractivity contribution is 0.475. The summed E-state index contributed by atoms with van der Waals surface area (Å²) in [6, 6.07) is 0. The van der Waals surface area contributed by atoms with Crippen molar-refractivity contribution < 1.29 is 0 Å². The Balaban J connectivity index is 2.08. The summed E-state index contributed by atoms with van der Waals surface area (Å²) < 4.78 is 0. The Kier molecular flexibility index (Phi) is 2.02. The first-order valence-corrected chi connectivity index (χ1v) is 9.05. The first-order chi connectivity index (χ1) is 5.07. The average molecular weight is 209 g/mol. The molecule has 0 radical (unpaired) electrons. The lowest BCUT2D eigenvalue weighted by Gasteiger charge is -2.27. The lowest BCUT2D eigenvalue weighted by atomic mass is 10.0. The van der Waals surface area contributed by atoms with Crippen LogP contribution in [0.25, 0.3) is 0 Å². The zero-order valence-electron chi connectivity index (χ0n) is 6.82. The van der Waals surface area contributed by atoms with Crippen molar-refractivity contribution in [3.05, 3.63) is 0 Å². The van der Waals surface area contributed by atoms with Crippen molar-refractivity contribution in [1.82, 2.24) is 0 Å². The van der Waals surface area contributed by atoms with Gasteiger partial charge in [0.25, 0.3) is 6.69 Å². The third kappa shape index (κ3) is 1.48. The second kappa shape index (κ2) is 2.64. The molecule has 64 valence electrons. The molecule has 3 heteroatoms. The molecule has 0 aromatic carbocycles. The summed E-state index contributed by atoms with van der Waals surface area (Å²) in [6.45, 7) is 0.251. The van der Waals surface area contributed by atoms with Crippen LogP contribution in [0.15, 0.2) is 0 Å². The van der Waals surface area contributed by atoms with Gasteiger partial charge in [-0.2, -0.15) is 0 Å². The minimum absolute atomic E-state index is 0.713.